The standard InChI is InChI=1S/C28H32N2O3/c1-3-28(23-14-16-24(17-15-23)33-21-18-22-10-5-4-6-11-22)29-26-13-8-7-12-25(26)27(31)30(28)19-9-20-32-2/h4-8,10-17,29H,3,9,18-21H2,1-2H3. The summed E-state index contributed by atoms with van der Waals surface area (Å²) in [5.74, 6) is 0.875. The third-order valence-electron chi connectivity index (χ3n) is 6.28. The van der Waals surface area contributed by atoms with Crippen LogP contribution < -0.4 is 10.1 Å². The molecule has 1 N–H and O–H groups in total. The van der Waals surface area contributed by atoms with E-state index < -0.39 is 5.66 Å². The molecule has 0 aromatic heterocycles. The van der Waals surface area contributed by atoms with Crippen LogP contribution in [0, 0.1) is 0 Å². The summed E-state index contributed by atoms with van der Waals surface area (Å²) in [6, 6.07) is 26.2. The molecule has 5 heteroatoms. The lowest BCUT2D eigenvalue weighted by atomic mass is 9.89. The number of anilines is 1. The van der Waals surface area contributed by atoms with Crippen molar-refractivity contribution in [1.29, 1.82) is 0 Å². The van der Waals surface area contributed by atoms with Gasteiger partial charge >= 0.3 is 0 Å². The number of amides is 1. The zero-order chi connectivity index (χ0) is 23.1. The van der Waals surface area contributed by atoms with Crippen molar-refractivity contribution < 1.29 is 14.3 Å². The van der Waals surface area contributed by atoms with E-state index in [0.717, 1.165) is 36.3 Å². The SMILES string of the molecule is CCC1(c2ccc(OCCc3ccccc3)cc2)Nc2ccccc2C(=O)N1CCCOC. The number of benzene rings is 3. The van der Waals surface area contributed by atoms with Gasteiger partial charge in [0.25, 0.3) is 5.91 Å². The summed E-state index contributed by atoms with van der Waals surface area (Å²) < 4.78 is 11.2. The summed E-state index contributed by atoms with van der Waals surface area (Å²) in [6.45, 7) is 3.95. The van der Waals surface area contributed by atoms with Crippen LogP contribution in [0.25, 0.3) is 0 Å². The molecule has 0 fully saturated rings. The number of hydrogen-bond donors (Lipinski definition) is 1. The predicted molar refractivity (Wildman–Crippen MR) is 132 cm³/mol. The van der Waals surface area contributed by atoms with Crippen LogP contribution in [0.1, 0.15) is 41.3 Å². The maximum Gasteiger partial charge on any atom is 0.258 e. The van der Waals surface area contributed by atoms with Crippen molar-refractivity contribution in [2.75, 3.05) is 32.2 Å². The number of fused-ring (bicyclic) bond motifs is 1. The molecule has 1 amide bonds. The molecule has 33 heavy (non-hydrogen) atoms. The summed E-state index contributed by atoms with van der Waals surface area (Å²) >= 11 is 0. The molecule has 0 saturated heterocycles. The number of nitrogens with one attached hydrogen (secondary N) is 1. The van der Waals surface area contributed by atoms with Crippen LogP contribution in [0.4, 0.5) is 5.69 Å². The summed E-state index contributed by atoms with van der Waals surface area (Å²) in [4.78, 5) is 15.5. The number of rotatable bonds is 10. The Morgan fingerprint density at radius 3 is 2.36 bits per heavy atom. The maximum atomic E-state index is 13.5. The minimum Gasteiger partial charge on any atom is -0.493 e. The summed E-state index contributed by atoms with van der Waals surface area (Å²) in [7, 11) is 1.69. The Hall–Kier alpha value is -3.31. The van der Waals surface area contributed by atoms with Gasteiger partial charge in [0, 0.05) is 32.4 Å². The molecule has 0 bridgehead atoms. The van der Waals surface area contributed by atoms with Gasteiger partial charge < -0.3 is 19.7 Å². The van der Waals surface area contributed by atoms with Crippen molar-refractivity contribution in [3.05, 3.63) is 95.6 Å². The summed E-state index contributed by atoms with van der Waals surface area (Å²) in [6.07, 6.45) is 2.37. The molecular weight excluding hydrogens is 412 g/mol. The fourth-order valence-electron chi connectivity index (χ4n) is 4.52. The van der Waals surface area contributed by atoms with Crippen LogP contribution in [-0.4, -0.2) is 37.7 Å². The topological polar surface area (TPSA) is 50.8 Å². The molecule has 0 radical (unpaired) electrons. The highest BCUT2D eigenvalue weighted by atomic mass is 16.5. The molecule has 0 aliphatic carbocycles. The lowest BCUT2D eigenvalue weighted by Gasteiger charge is -2.48. The first-order valence-electron chi connectivity index (χ1n) is 11.6. The number of hydrogen-bond acceptors (Lipinski definition) is 4. The van der Waals surface area contributed by atoms with E-state index in [1.807, 2.05) is 59.5 Å². The monoisotopic (exact) mass is 444 g/mol. The predicted octanol–water partition coefficient (Wildman–Crippen LogP) is 5.48. The Morgan fingerprint density at radius 2 is 1.64 bits per heavy atom. The van der Waals surface area contributed by atoms with E-state index in [1.165, 1.54) is 5.56 Å². The number of para-hydroxylation sites is 1. The first-order valence-corrected chi connectivity index (χ1v) is 11.6. The van der Waals surface area contributed by atoms with Crippen LogP contribution in [0.15, 0.2) is 78.9 Å². The minimum absolute atomic E-state index is 0.0468. The highest BCUT2D eigenvalue weighted by Gasteiger charge is 2.44. The first-order chi connectivity index (χ1) is 16.2. The molecule has 172 valence electrons. The Balaban J connectivity index is 1.56. The molecule has 4 rings (SSSR count). The molecule has 1 heterocycles. The van der Waals surface area contributed by atoms with E-state index in [2.05, 4.69) is 36.5 Å². The lowest BCUT2D eigenvalue weighted by Crippen LogP contribution is -2.57. The Kier molecular flexibility index (Phi) is 7.30. The molecule has 1 unspecified atom stereocenters. The van der Waals surface area contributed by atoms with Crippen molar-refractivity contribution in [3.63, 3.8) is 0 Å². The van der Waals surface area contributed by atoms with E-state index in [-0.39, 0.29) is 5.91 Å². The molecule has 1 aliphatic heterocycles. The fourth-order valence-corrected chi connectivity index (χ4v) is 4.52. The van der Waals surface area contributed by atoms with Gasteiger partial charge in [-0.15, -0.1) is 0 Å². The number of carbonyl (C=O) groups excluding carboxylic acids is 1. The fraction of sp³-hybridized carbons (Fsp3) is 0.321. The number of carbonyl (C=O) groups is 1. The third-order valence-corrected chi connectivity index (χ3v) is 6.28. The average Bonchev–Trinajstić information content (AvgIpc) is 2.86. The van der Waals surface area contributed by atoms with Crippen LogP contribution >= 0.6 is 0 Å². The number of ether oxygens (including phenoxy) is 2. The van der Waals surface area contributed by atoms with Crippen LogP contribution in [0.3, 0.4) is 0 Å². The highest BCUT2D eigenvalue weighted by Crippen LogP contribution is 2.40. The minimum atomic E-state index is -0.623. The molecule has 0 saturated carbocycles. The number of nitrogens with zero attached hydrogens (tertiary/aromatic N) is 1. The molecule has 1 aliphatic rings. The summed E-state index contributed by atoms with van der Waals surface area (Å²) in [5, 5.41) is 3.69. The highest BCUT2D eigenvalue weighted by molar-refractivity contribution is 6.02. The molecule has 3 aromatic carbocycles. The van der Waals surface area contributed by atoms with Gasteiger partial charge in [-0.3, -0.25) is 4.79 Å². The molecule has 5 nitrogen and oxygen atoms in total. The molecule has 0 spiro atoms. The van der Waals surface area contributed by atoms with Crippen molar-refractivity contribution in [1.82, 2.24) is 4.90 Å². The van der Waals surface area contributed by atoms with Crippen molar-refractivity contribution in [3.8, 4) is 5.75 Å². The van der Waals surface area contributed by atoms with Crippen LogP contribution in [-0.2, 0) is 16.8 Å². The van der Waals surface area contributed by atoms with E-state index >= 15 is 0 Å². The smallest absolute Gasteiger partial charge is 0.258 e. The number of methoxy groups -OCH3 is 1. The second-order valence-corrected chi connectivity index (χ2v) is 8.30. The molecule has 1 atom stereocenters. The largest absolute Gasteiger partial charge is 0.493 e. The normalized spacial score (nSPS) is 17.4. The second-order valence-electron chi connectivity index (χ2n) is 8.30. The van der Waals surface area contributed by atoms with E-state index in [4.69, 9.17) is 9.47 Å². The Morgan fingerprint density at radius 1 is 0.909 bits per heavy atom. The first kappa shape index (κ1) is 22.9. The average molecular weight is 445 g/mol. The van der Waals surface area contributed by atoms with Crippen molar-refractivity contribution in [2.45, 2.75) is 31.8 Å². The molecule has 3 aromatic rings. The quantitative estimate of drug-likeness (QED) is 0.421. The van der Waals surface area contributed by atoms with Crippen LogP contribution in [0.2, 0.25) is 0 Å². The van der Waals surface area contributed by atoms with Crippen molar-refractivity contribution in [2.24, 2.45) is 0 Å². The van der Waals surface area contributed by atoms with Gasteiger partial charge in [-0.25, -0.2) is 0 Å². The van der Waals surface area contributed by atoms with Gasteiger partial charge in [0.15, 0.2) is 0 Å². The van der Waals surface area contributed by atoms with Crippen LogP contribution in [0.5, 0.6) is 5.75 Å². The zero-order valence-corrected chi connectivity index (χ0v) is 19.4. The van der Waals surface area contributed by atoms with Gasteiger partial charge in [0.1, 0.15) is 11.4 Å². The third kappa shape index (κ3) is 4.88. The second kappa shape index (κ2) is 10.5. The van der Waals surface area contributed by atoms with E-state index in [0.29, 0.717) is 25.3 Å². The van der Waals surface area contributed by atoms with Gasteiger partial charge in [0.2, 0.25) is 0 Å². The van der Waals surface area contributed by atoms with Gasteiger partial charge in [-0.2, -0.15) is 0 Å². The Bertz CT molecular complexity index is 1050. The molecular formula is C28H32N2O3. The Labute approximate surface area is 196 Å². The van der Waals surface area contributed by atoms with Crippen molar-refractivity contribution >= 4 is 11.6 Å². The maximum absolute atomic E-state index is 13.5. The lowest BCUT2D eigenvalue weighted by molar-refractivity contribution is 0.0451. The summed E-state index contributed by atoms with van der Waals surface area (Å²) in [5.41, 5.74) is 3.26. The van der Waals surface area contributed by atoms with E-state index in [9.17, 15) is 4.79 Å². The zero-order valence-electron chi connectivity index (χ0n) is 19.4. The van der Waals surface area contributed by atoms with Gasteiger partial charge in [-0.05, 0) is 48.2 Å². The van der Waals surface area contributed by atoms with E-state index in [1.54, 1.807) is 7.11 Å². The van der Waals surface area contributed by atoms with Gasteiger partial charge in [-0.1, -0.05) is 61.5 Å². The van der Waals surface area contributed by atoms with Gasteiger partial charge in [0.05, 0.1) is 12.2 Å².